The lowest BCUT2D eigenvalue weighted by Gasteiger charge is -2.34. The topological polar surface area (TPSA) is 59.1 Å². The number of nitrogens with zero attached hydrogens (tertiary/aromatic N) is 2. The fourth-order valence-electron chi connectivity index (χ4n) is 2.58. The first-order valence-corrected chi connectivity index (χ1v) is 8.30. The first kappa shape index (κ1) is 17.7. The molecule has 0 bridgehead atoms. The molecule has 0 N–H and O–H groups in total. The lowest BCUT2D eigenvalue weighted by Crippen LogP contribution is -2.52. The highest BCUT2D eigenvalue weighted by molar-refractivity contribution is 5.78. The molecule has 6 nitrogen and oxygen atoms in total. The first-order chi connectivity index (χ1) is 12.6. The van der Waals surface area contributed by atoms with Gasteiger partial charge in [0.05, 0.1) is 0 Å². The molecule has 2 aromatic carbocycles. The van der Waals surface area contributed by atoms with Gasteiger partial charge in [-0.3, -0.25) is 4.79 Å². The van der Waals surface area contributed by atoms with Gasteiger partial charge in [-0.05, 0) is 24.3 Å². The van der Waals surface area contributed by atoms with Crippen molar-refractivity contribution in [2.45, 2.75) is 0 Å². The number of carbonyl (C=O) groups is 2. The van der Waals surface area contributed by atoms with Crippen molar-refractivity contribution in [3.8, 4) is 11.5 Å². The fourth-order valence-corrected chi connectivity index (χ4v) is 2.58. The van der Waals surface area contributed by atoms with E-state index >= 15 is 0 Å². The van der Waals surface area contributed by atoms with Crippen LogP contribution >= 0.6 is 0 Å². The van der Waals surface area contributed by atoms with E-state index in [0.717, 1.165) is 0 Å². The molecular formula is C19H19FN2O4. The molecule has 0 spiro atoms. The van der Waals surface area contributed by atoms with Crippen LogP contribution in [0.15, 0.2) is 54.6 Å². The lowest BCUT2D eigenvalue weighted by atomic mass is 10.3. The van der Waals surface area contributed by atoms with Gasteiger partial charge in [0.1, 0.15) is 5.75 Å². The van der Waals surface area contributed by atoms with Crippen molar-refractivity contribution in [2.24, 2.45) is 0 Å². The van der Waals surface area contributed by atoms with Crippen LogP contribution in [0.2, 0.25) is 0 Å². The van der Waals surface area contributed by atoms with Crippen molar-refractivity contribution < 1.29 is 23.5 Å². The number of carbonyl (C=O) groups excluding carboxylic acids is 2. The van der Waals surface area contributed by atoms with Crippen molar-refractivity contribution in [3.05, 3.63) is 60.4 Å². The van der Waals surface area contributed by atoms with Crippen LogP contribution in [0.25, 0.3) is 0 Å². The van der Waals surface area contributed by atoms with Crippen molar-refractivity contribution in [1.29, 1.82) is 0 Å². The first-order valence-electron chi connectivity index (χ1n) is 8.30. The summed E-state index contributed by atoms with van der Waals surface area (Å²) in [5.74, 6) is -0.224. The SMILES string of the molecule is O=C(COc1ccccc1F)N1CCN(C(=O)Oc2ccccc2)CC1. The molecule has 0 aromatic heterocycles. The molecule has 1 heterocycles. The fraction of sp³-hybridized carbons (Fsp3) is 0.263. The summed E-state index contributed by atoms with van der Waals surface area (Å²) < 4.78 is 24.0. The minimum absolute atomic E-state index is 0.0472. The van der Waals surface area contributed by atoms with Crippen LogP contribution in [0.5, 0.6) is 11.5 Å². The van der Waals surface area contributed by atoms with Crippen LogP contribution in [-0.2, 0) is 4.79 Å². The van der Waals surface area contributed by atoms with Crippen LogP contribution in [0.1, 0.15) is 0 Å². The summed E-state index contributed by atoms with van der Waals surface area (Å²) in [7, 11) is 0. The van der Waals surface area contributed by atoms with E-state index in [-0.39, 0.29) is 18.3 Å². The van der Waals surface area contributed by atoms with Crippen molar-refractivity contribution in [2.75, 3.05) is 32.8 Å². The zero-order valence-electron chi connectivity index (χ0n) is 14.1. The number of halogens is 1. The average Bonchev–Trinajstić information content (AvgIpc) is 2.68. The number of hydrogen-bond acceptors (Lipinski definition) is 4. The molecule has 2 amide bonds. The Morgan fingerprint density at radius 2 is 1.50 bits per heavy atom. The van der Waals surface area contributed by atoms with Crippen molar-refractivity contribution in [3.63, 3.8) is 0 Å². The van der Waals surface area contributed by atoms with Gasteiger partial charge in [-0.2, -0.15) is 0 Å². The highest BCUT2D eigenvalue weighted by Gasteiger charge is 2.25. The number of amides is 2. The molecule has 0 radical (unpaired) electrons. The van der Waals surface area contributed by atoms with Gasteiger partial charge in [0.2, 0.25) is 0 Å². The highest BCUT2D eigenvalue weighted by Crippen LogP contribution is 2.16. The summed E-state index contributed by atoms with van der Waals surface area (Å²) in [6.07, 6.45) is -0.439. The molecule has 7 heteroatoms. The van der Waals surface area contributed by atoms with E-state index in [1.54, 1.807) is 46.2 Å². The molecule has 3 rings (SSSR count). The van der Waals surface area contributed by atoms with Gasteiger partial charge in [-0.1, -0.05) is 30.3 Å². The van der Waals surface area contributed by atoms with Crippen LogP contribution in [0, 0.1) is 5.82 Å². The largest absolute Gasteiger partial charge is 0.481 e. The predicted octanol–water partition coefficient (Wildman–Crippen LogP) is 2.55. The van der Waals surface area contributed by atoms with Gasteiger partial charge < -0.3 is 19.3 Å². The number of hydrogen-bond donors (Lipinski definition) is 0. The second-order valence-corrected chi connectivity index (χ2v) is 5.77. The molecule has 0 saturated carbocycles. The minimum Gasteiger partial charge on any atom is -0.481 e. The Morgan fingerprint density at radius 1 is 0.885 bits per heavy atom. The van der Waals surface area contributed by atoms with Gasteiger partial charge in [0.15, 0.2) is 18.2 Å². The maximum absolute atomic E-state index is 13.5. The molecule has 2 aromatic rings. The molecule has 1 saturated heterocycles. The quantitative estimate of drug-likeness (QED) is 0.843. The summed E-state index contributed by atoms with van der Waals surface area (Å²) in [5, 5.41) is 0. The Hall–Kier alpha value is -3.09. The van der Waals surface area contributed by atoms with Gasteiger partial charge in [-0.25, -0.2) is 9.18 Å². The average molecular weight is 358 g/mol. The smallest absolute Gasteiger partial charge is 0.415 e. The Labute approximate surface area is 150 Å². The Kier molecular flexibility index (Phi) is 5.68. The van der Waals surface area contributed by atoms with E-state index in [9.17, 15) is 14.0 Å². The molecule has 0 aliphatic carbocycles. The second-order valence-electron chi connectivity index (χ2n) is 5.77. The van der Waals surface area contributed by atoms with Crippen LogP contribution in [0.3, 0.4) is 0 Å². The number of ether oxygens (including phenoxy) is 2. The number of benzene rings is 2. The lowest BCUT2D eigenvalue weighted by molar-refractivity contribution is -0.134. The Bertz CT molecular complexity index is 761. The van der Waals surface area contributed by atoms with Gasteiger partial charge in [0, 0.05) is 26.2 Å². The predicted molar refractivity (Wildman–Crippen MR) is 92.5 cm³/mol. The summed E-state index contributed by atoms with van der Waals surface area (Å²) >= 11 is 0. The molecule has 1 aliphatic rings. The standard InChI is InChI=1S/C19H19FN2O4/c20-16-8-4-5-9-17(16)25-14-18(23)21-10-12-22(13-11-21)19(24)26-15-6-2-1-3-7-15/h1-9H,10-14H2. The van der Waals surface area contributed by atoms with Crippen LogP contribution in [-0.4, -0.2) is 54.6 Å². The monoisotopic (exact) mass is 358 g/mol. The van der Waals surface area contributed by atoms with Crippen LogP contribution < -0.4 is 9.47 Å². The van der Waals surface area contributed by atoms with Crippen LogP contribution in [0.4, 0.5) is 9.18 Å². The van der Waals surface area contributed by atoms with E-state index < -0.39 is 11.9 Å². The summed E-state index contributed by atoms with van der Waals surface area (Å²) in [6, 6.07) is 14.8. The van der Waals surface area contributed by atoms with Crippen molar-refractivity contribution in [1.82, 2.24) is 9.80 Å². The second kappa shape index (κ2) is 8.33. The van der Waals surface area contributed by atoms with Crippen molar-refractivity contribution >= 4 is 12.0 Å². The molecule has 0 atom stereocenters. The molecule has 0 unspecified atom stereocenters. The molecule has 1 fully saturated rings. The van der Waals surface area contributed by atoms with Gasteiger partial charge in [-0.15, -0.1) is 0 Å². The maximum Gasteiger partial charge on any atom is 0.415 e. The third-order valence-corrected chi connectivity index (χ3v) is 4.03. The zero-order valence-corrected chi connectivity index (χ0v) is 14.1. The number of rotatable bonds is 4. The minimum atomic E-state index is -0.506. The van der Waals surface area contributed by atoms with E-state index in [0.29, 0.717) is 31.9 Å². The third kappa shape index (κ3) is 4.50. The molecule has 26 heavy (non-hydrogen) atoms. The molecule has 1 aliphatic heterocycles. The maximum atomic E-state index is 13.5. The Balaban J connectivity index is 1.45. The molecular weight excluding hydrogens is 339 g/mol. The summed E-state index contributed by atoms with van der Waals surface area (Å²) in [5.41, 5.74) is 0. The van der Waals surface area contributed by atoms with Gasteiger partial charge >= 0.3 is 6.09 Å². The number of para-hydroxylation sites is 2. The Morgan fingerprint density at radius 3 is 2.19 bits per heavy atom. The van der Waals surface area contributed by atoms with Gasteiger partial charge in [0.25, 0.3) is 5.91 Å². The van der Waals surface area contributed by atoms with E-state index in [1.165, 1.54) is 12.1 Å². The highest BCUT2D eigenvalue weighted by atomic mass is 19.1. The third-order valence-electron chi connectivity index (χ3n) is 4.03. The zero-order chi connectivity index (χ0) is 18.4. The normalized spacial score (nSPS) is 14.0. The summed E-state index contributed by atoms with van der Waals surface area (Å²) in [6.45, 7) is 1.26. The van der Waals surface area contributed by atoms with E-state index in [2.05, 4.69) is 0 Å². The number of piperazine rings is 1. The molecule has 136 valence electrons. The summed E-state index contributed by atoms with van der Waals surface area (Å²) in [4.78, 5) is 27.5. The van der Waals surface area contributed by atoms with E-state index in [1.807, 2.05) is 6.07 Å². The van der Waals surface area contributed by atoms with E-state index in [4.69, 9.17) is 9.47 Å².